The number of rotatable bonds is 8. The summed E-state index contributed by atoms with van der Waals surface area (Å²) in [6, 6.07) is 11.5. The number of aliphatic hydroxyl groups is 1. The van der Waals surface area contributed by atoms with Crippen molar-refractivity contribution in [3.63, 3.8) is 0 Å². The molecule has 0 aliphatic carbocycles. The highest BCUT2D eigenvalue weighted by molar-refractivity contribution is 5.76. The first-order chi connectivity index (χ1) is 10.7. The van der Waals surface area contributed by atoms with Crippen molar-refractivity contribution in [1.82, 2.24) is 5.32 Å². The molecule has 0 radical (unpaired) electrons. The van der Waals surface area contributed by atoms with Gasteiger partial charge in [-0.2, -0.15) is 0 Å². The van der Waals surface area contributed by atoms with Gasteiger partial charge < -0.3 is 14.8 Å². The summed E-state index contributed by atoms with van der Waals surface area (Å²) >= 11 is 0. The first kappa shape index (κ1) is 16.3. The number of furan rings is 1. The Morgan fingerprint density at radius 1 is 1.23 bits per heavy atom. The van der Waals surface area contributed by atoms with Crippen LogP contribution in [0.1, 0.15) is 42.2 Å². The highest BCUT2D eigenvalue weighted by Crippen LogP contribution is 2.13. The summed E-state index contributed by atoms with van der Waals surface area (Å²) in [5, 5.41) is 12.1. The molecule has 0 spiro atoms. The van der Waals surface area contributed by atoms with E-state index in [9.17, 15) is 9.90 Å². The average Bonchev–Trinajstić information content (AvgIpc) is 3.05. The van der Waals surface area contributed by atoms with E-state index < -0.39 is 6.04 Å². The number of nitrogens with one attached hydrogen (secondary N) is 1. The number of unbranched alkanes of at least 4 members (excludes halogenated alkanes) is 1. The van der Waals surface area contributed by atoms with Gasteiger partial charge >= 0.3 is 0 Å². The maximum atomic E-state index is 11.9. The number of carbonyl (C=O) groups is 1. The van der Waals surface area contributed by atoms with Crippen LogP contribution in [-0.2, 0) is 11.2 Å². The molecule has 0 aliphatic rings. The van der Waals surface area contributed by atoms with Crippen LogP contribution in [0.5, 0.6) is 0 Å². The Kier molecular flexibility index (Phi) is 6.22. The van der Waals surface area contributed by atoms with E-state index in [2.05, 4.69) is 36.5 Å². The lowest BCUT2D eigenvalue weighted by Gasteiger charge is -2.13. The minimum atomic E-state index is -0.459. The second-order valence-electron chi connectivity index (χ2n) is 5.51. The van der Waals surface area contributed by atoms with Gasteiger partial charge in [0, 0.05) is 6.42 Å². The maximum Gasteiger partial charge on any atom is 0.220 e. The zero-order valence-electron chi connectivity index (χ0n) is 12.9. The van der Waals surface area contributed by atoms with E-state index in [1.165, 1.54) is 17.4 Å². The fraction of sp³-hybridized carbons (Fsp3) is 0.389. The van der Waals surface area contributed by atoms with Gasteiger partial charge in [-0.3, -0.25) is 4.79 Å². The molecule has 1 aromatic carbocycles. The Bertz CT molecular complexity index is 561. The first-order valence-corrected chi connectivity index (χ1v) is 7.68. The predicted molar refractivity (Wildman–Crippen MR) is 85.4 cm³/mol. The summed E-state index contributed by atoms with van der Waals surface area (Å²) in [6.07, 6.45) is 4.78. The Morgan fingerprint density at radius 2 is 2.00 bits per heavy atom. The molecule has 0 fully saturated rings. The van der Waals surface area contributed by atoms with Crippen LogP contribution in [0.3, 0.4) is 0 Å². The number of benzene rings is 1. The van der Waals surface area contributed by atoms with Crippen molar-refractivity contribution in [3.8, 4) is 0 Å². The Labute approximate surface area is 131 Å². The number of hydrogen-bond acceptors (Lipinski definition) is 3. The predicted octanol–water partition coefficient (Wildman–Crippen LogP) is 3.15. The van der Waals surface area contributed by atoms with Crippen LogP contribution in [0, 0.1) is 6.92 Å². The molecule has 1 atom stereocenters. The Morgan fingerprint density at radius 3 is 2.64 bits per heavy atom. The van der Waals surface area contributed by atoms with Gasteiger partial charge in [-0.1, -0.05) is 29.8 Å². The SMILES string of the molecule is Cc1ccc(CCCCC(=O)NC(CO)c2ccco2)cc1. The first-order valence-electron chi connectivity index (χ1n) is 7.68. The fourth-order valence-electron chi connectivity index (χ4n) is 2.33. The molecule has 0 aliphatic heterocycles. The van der Waals surface area contributed by atoms with Gasteiger partial charge in [-0.15, -0.1) is 0 Å². The van der Waals surface area contributed by atoms with Crippen LogP contribution >= 0.6 is 0 Å². The lowest BCUT2D eigenvalue weighted by Crippen LogP contribution is -2.30. The van der Waals surface area contributed by atoms with Crippen molar-refractivity contribution in [2.24, 2.45) is 0 Å². The van der Waals surface area contributed by atoms with Crippen molar-refractivity contribution in [2.45, 2.75) is 38.6 Å². The largest absolute Gasteiger partial charge is 0.467 e. The third-order valence-corrected chi connectivity index (χ3v) is 3.64. The van der Waals surface area contributed by atoms with Crippen molar-refractivity contribution in [1.29, 1.82) is 0 Å². The molecule has 2 rings (SSSR count). The van der Waals surface area contributed by atoms with E-state index in [-0.39, 0.29) is 12.5 Å². The summed E-state index contributed by atoms with van der Waals surface area (Å²) in [6.45, 7) is 1.91. The standard InChI is InChI=1S/C18H23NO3/c1-14-8-10-15(11-9-14)5-2-3-7-18(21)19-16(13-20)17-6-4-12-22-17/h4,6,8-12,16,20H,2-3,5,7,13H2,1H3,(H,19,21). The minimum absolute atomic E-state index is 0.0562. The summed E-state index contributed by atoms with van der Waals surface area (Å²) in [5.41, 5.74) is 2.56. The minimum Gasteiger partial charge on any atom is -0.467 e. The van der Waals surface area contributed by atoms with Crippen LogP contribution in [0.15, 0.2) is 47.1 Å². The van der Waals surface area contributed by atoms with Crippen molar-refractivity contribution in [3.05, 3.63) is 59.5 Å². The molecule has 0 saturated carbocycles. The van der Waals surface area contributed by atoms with Crippen LogP contribution in [-0.4, -0.2) is 17.6 Å². The fourth-order valence-corrected chi connectivity index (χ4v) is 2.33. The highest BCUT2D eigenvalue weighted by atomic mass is 16.3. The van der Waals surface area contributed by atoms with E-state index in [1.54, 1.807) is 12.1 Å². The summed E-state index contributed by atoms with van der Waals surface area (Å²) in [5.74, 6) is 0.523. The monoisotopic (exact) mass is 301 g/mol. The van der Waals surface area contributed by atoms with Gasteiger partial charge in [-0.05, 0) is 43.9 Å². The Balaban J connectivity index is 1.68. The van der Waals surface area contributed by atoms with E-state index in [1.807, 2.05) is 0 Å². The number of amides is 1. The second kappa shape index (κ2) is 8.39. The van der Waals surface area contributed by atoms with Gasteiger partial charge in [0.1, 0.15) is 11.8 Å². The molecule has 2 N–H and O–H groups in total. The van der Waals surface area contributed by atoms with Crippen molar-refractivity contribution >= 4 is 5.91 Å². The maximum absolute atomic E-state index is 11.9. The van der Waals surface area contributed by atoms with E-state index in [4.69, 9.17) is 4.42 Å². The van der Waals surface area contributed by atoms with Gasteiger partial charge in [0.15, 0.2) is 0 Å². The van der Waals surface area contributed by atoms with Crippen LogP contribution in [0.25, 0.3) is 0 Å². The van der Waals surface area contributed by atoms with Gasteiger partial charge in [0.05, 0.1) is 12.9 Å². The third kappa shape index (κ3) is 5.04. The van der Waals surface area contributed by atoms with Crippen LogP contribution < -0.4 is 5.32 Å². The van der Waals surface area contributed by atoms with Gasteiger partial charge in [-0.25, -0.2) is 0 Å². The Hall–Kier alpha value is -2.07. The molecule has 0 saturated heterocycles. The van der Waals surface area contributed by atoms with Crippen molar-refractivity contribution in [2.75, 3.05) is 6.61 Å². The smallest absolute Gasteiger partial charge is 0.220 e. The van der Waals surface area contributed by atoms with Crippen LogP contribution in [0.2, 0.25) is 0 Å². The average molecular weight is 301 g/mol. The number of aryl methyl sites for hydroxylation is 2. The van der Waals surface area contributed by atoms with Crippen molar-refractivity contribution < 1.29 is 14.3 Å². The molecular weight excluding hydrogens is 278 g/mol. The van der Waals surface area contributed by atoms with E-state index in [0.717, 1.165) is 19.3 Å². The molecule has 118 valence electrons. The topological polar surface area (TPSA) is 62.5 Å². The van der Waals surface area contributed by atoms with Gasteiger partial charge in [0.2, 0.25) is 5.91 Å². The molecule has 1 aromatic heterocycles. The number of carbonyl (C=O) groups excluding carboxylic acids is 1. The molecule has 0 bridgehead atoms. The molecule has 22 heavy (non-hydrogen) atoms. The molecule has 1 amide bonds. The number of hydrogen-bond donors (Lipinski definition) is 2. The summed E-state index contributed by atoms with van der Waals surface area (Å²) in [7, 11) is 0. The van der Waals surface area contributed by atoms with Crippen LogP contribution in [0.4, 0.5) is 0 Å². The zero-order chi connectivity index (χ0) is 15.8. The molecule has 2 aromatic rings. The van der Waals surface area contributed by atoms with Gasteiger partial charge in [0.25, 0.3) is 0 Å². The van der Waals surface area contributed by atoms with E-state index in [0.29, 0.717) is 12.2 Å². The zero-order valence-corrected chi connectivity index (χ0v) is 12.9. The highest BCUT2D eigenvalue weighted by Gasteiger charge is 2.15. The third-order valence-electron chi connectivity index (χ3n) is 3.64. The second-order valence-corrected chi connectivity index (χ2v) is 5.51. The van der Waals surface area contributed by atoms with E-state index >= 15 is 0 Å². The quantitative estimate of drug-likeness (QED) is 0.736. The molecular formula is C18H23NO3. The normalized spacial score (nSPS) is 12.1. The number of aliphatic hydroxyl groups excluding tert-OH is 1. The molecule has 1 heterocycles. The molecule has 1 unspecified atom stereocenters. The summed E-state index contributed by atoms with van der Waals surface area (Å²) < 4.78 is 5.21. The summed E-state index contributed by atoms with van der Waals surface area (Å²) in [4.78, 5) is 11.9. The molecule has 4 nitrogen and oxygen atoms in total. The molecule has 4 heteroatoms. The lowest BCUT2D eigenvalue weighted by atomic mass is 10.1. The lowest BCUT2D eigenvalue weighted by molar-refractivity contribution is -0.122.